The van der Waals surface area contributed by atoms with Gasteiger partial charge >= 0.3 is 6.03 Å². The Kier molecular flexibility index (Phi) is 2.72. The first kappa shape index (κ1) is 10.4. The van der Waals surface area contributed by atoms with Crippen molar-refractivity contribution in [2.75, 3.05) is 0 Å². The van der Waals surface area contributed by atoms with Crippen LogP contribution in [0.4, 0.5) is 4.79 Å². The van der Waals surface area contributed by atoms with Crippen molar-refractivity contribution in [2.24, 2.45) is 0 Å². The predicted octanol–water partition coefficient (Wildman–Crippen LogP) is 1.25. The maximum Gasteiger partial charge on any atom is 0.327 e. The second-order valence-corrected chi connectivity index (χ2v) is 3.38. The van der Waals surface area contributed by atoms with E-state index in [0.717, 1.165) is 11.5 Å². The fourth-order valence-electron chi connectivity index (χ4n) is 1.24. The summed E-state index contributed by atoms with van der Waals surface area (Å²) in [6.07, 6.45) is 4.54. The van der Waals surface area contributed by atoms with E-state index in [2.05, 4.69) is 15.3 Å². The van der Waals surface area contributed by atoms with Gasteiger partial charge in [0, 0.05) is 12.4 Å². The Balaban J connectivity index is 1.95. The minimum atomic E-state index is -0.258. The first-order valence-corrected chi connectivity index (χ1v) is 4.86. The molecule has 1 amide bonds. The average molecular weight is 220 g/mol. The Morgan fingerprint density at radius 3 is 2.94 bits per heavy atom. The van der Waals surface area contributed by atoms with Crippen molar-refractivity contribution >= 4 is 6.03 Å². The summed E-state index contributed by atoms with van der Waals surface area (Å²) < 4.78 is 6.68. The number of hydrogen-bond donors (Lipinski definition) is 1. The van der Waals surface area contributed by atoms with Gasteiger partial charge in [-0.05, 0) is 13.8 Å². The quantitative estimate of drug-likeness (QED) is 0.826. The van der Waals surface area contributed by atoms with Gasteiger partial charge < -0.3 is 9.73 Å². The van der Waals surface area contributed by atoms with Crippen molar-refractivity contribution in [2.45, 2.75) is 20.4 Å². The molecule has 2 aromatic heterocycles. The van der Waals surface area contributed by atoms with Gasteiger partial charge in [0.15, 0.2) is 0 Å². The van der Waals surface area contributed by atoms with Gasteiger partial charge in [-0.2, -0.15) is 0 Å². The SMILES string of the molecule is Cc1nc(CNC(=O)n2ccnc2)oc1C. The molecule has 0 aliphatic carbocycles. The van der Waals surface area contributed by atoms with E-state index in [4.69, 9.17) is 4.42 Å². The minimum absolute atomic E-state index is 0.258. The van der Waals surface area contributed by atoms with Crippen LogP contribution >= 0.6 is 0 Å². The van der Waals surface area contributed by atoms with E-state index in [1.807, 2.05) is 13.8 Å². The van der Waals surface area contributed by atoms with Gasteiger partial charge in [-0.15, -0.1) is 0 Å². The maximum atomic E-state index is 11.5. The molecule has 0 bridgehead atoms. The molecular formula is C10H12N4O2. The molecule has 1 N–H and O–H groups in total. The third-order valence-corrected chi connectivity index (χ3v) is 2.20. The Labute approximate surface area is 92.3 Å². The molecule has 6 heteroatoms. The molecule has 0 saturated carbocycles. The lowest BCUT2D eigenvalue weighted by atomic mass is 10.4. The summed E-state index contributed by atoms with van der Waals surface area (Å²) in [6, 6.07) is -0.258. The zero-order valence-electron chi connectivity index (χ0n) is 9.10. The van der Waals surface area contributed by atoms with E-state index in [-0.39, 0.29) is 12.6 Å². The topological polar surface area (TPSA) is 73.0 Å². The van der Waals surface area contributed by atoms with Crippen LogP contribution in [-0.2, 0) is 6.54 Å². The van der Waals surface area contributed by atoms with Gasteiger partial charge in [0.2, 0.25) is 5.89 Å². The lowest BCUT2D eigenvalue weighted by Gasteiger charge is -2.01. The summed E-state index contributed by atoms with van der Waals surface area (Å²) in [7, 11) is 0. The molecule has 2 rings (SSSR count). The molecule has 0 unspecified atom stereocenters. The van der Waals surface area contributed by atoms with Crippen molar-refractivity contribution in [1.29, 1.82) is 0 Å². The lowest BCUT2D eigenvalue weighted by molar-refractivity contribution is 0.240. The molecule has 0 aliphatic rings. The standard InChI is InChI=1S/C10H12N4O2/c1-7-8(2)16-9(13-7)5-12-10(15)14-4-3-11-6-14/h3-4,6H,5H2,1-2H3,(H,12,15). The van der Waals surface area contributed by atoms with Gasteiger partial charge in [-0.3, -0.25) is 4.57 Å². The molecule has 0 aliphatic heterocycles. The molecule has 16 heavy (non-hydrogen) atoms. The number of imidazole rings is 1. The normalized spacial score (nSPS) is 10.4. The Morgan fingerprint density at radius 1 is 1.56 bits per heavy atom. The van der Waals surface area contributed by atoms with E-state index in [1.165, 1.54) is 10.9 Å². The highest BCUT2D eigenvalue weighted by molar-refractivity contribution is 5.76. The molecule has 0 atom stereocenters. The second kappa shape index (κ2) is 4.18. The highest BCUT2D eigenvalue weighted by atomic mass is 16.4. The van der Waals surface area contributed by atoms with Gasteiger partial charge in [0.1, 0.15) is 12.1 Å². The van der Waals surface area contributed by atoms with Crippen molar-refractivity contribution in [3.05, 3.63) is 36.1 Å². The average Bonchev–Trinajstić information content (AvgIpc) is 2.86. The van der Waals surface area contributed by atoms with Crippen LogP contribution in [-0.4, -0.2) is 20.6 Å². The van der Waals surface area contributed by atoms with Crippen molar-refractivity contribution in [3.63, 3.8) is 0 Å². The van der Waals surface area contributed by atoms with Crippen molar-refractivity contribution < 1.29 is 9.21 Å². The van der Waals surface area contributed by atoms with Crippen LogP contribution in [0.1, 0.15) is 17.3 Å². The number of hydrogen-bond acceptors (Lipinski definition) is 4. The van der Waals surface area contributed by atoms with Crippen LogP contribution in [0.25, 0.3) is 0 Å². The third kappa shape index (κ3) is 2.10. The fourth-order valence-corrected chi connectivity index (χ4v) is 1.24. The second-order valence-electron chi connectivity index (χ2n) is 3.38. The Morgan fingerprint density at radius 2 is 2.38 bits per heavy atom. The molecule has 6 nitrogen and oxygen atoms in total. The fraction of sp³-hybridized carbons (Fsp3) is 0.300. The molecule has 0 spiro atoms. The molecule has 0 radical (unpaired) electrons. The van der Waals surface area contributed by atoms with Crippen LogP contribution in [0.2, 0.25) is 0 Å². The van der Waals surface area contributed by atoms with Crippen LogP contribution < -0.4 is 5.32 Å². The molecule has 2 heterocycles. The summed E-state index contributed by atoms with van der Waals surface area (Å²) in [5.74, 6) is 1.27. The van der Waals surface area contributed by atoms with Crippen LogP contribution in [0, 0.1) is 13.8 Å². The lowest BCUT2D eigenvalue weighted by Crippen LogP contribution is -2.27. The first-order chi connectivity index (χ1) is 7.66. The van der Waals surface area contributed by atoms with Gasteiger partial charge in [-0.25, -0.2) is 14.8 Å². The molecule has 2 aromatic rings. The number of carbonyl (C=O) groups is 1. The van der Waals surface area contributed by atoms with E-state index in [0.29, 0.717) is 5.89 Å². The predicted molar refractivity (Wildman–Crippen MR) is 55.8 cm³/mol. The van der Waals surface area contributed by atoms with E-state index < -0.39 is 0 Å². The summed E-state index contributed by atoms with van der Waals surface area (Å²) in [5.41, 5.74) is 0.840. The number of carbonyl (C=O) groups excluding carboxylic acids is 1. The minimum Gasteiger partial charge on any atom is -0.444 e. The maximum absolute atomic E-state index is 11.5. The molecule has 84 valence electrons. The van der Waals surface area contributed by atoms with Gasteiger partial charge in [0.05, 0.1) is 12.2 Å². The number of oxazole rings is 1. The number of rotatable bonds is 2. The highest BCUT2D eigenvalue weighted by Crippen LogP contribution is 2.07. The monoisotopic (exact) mass is 220 g/mol. The highest BCUT2D eigenvalue weighted by Gasteiger charge is 2.08. The van der Waals surface area contributed by atoms with Crippen LogP contribution in [0.5, 0.6) is 0 Å². The smallest absolute Gasteiger partial charge is 0.327 e. The van der Waals surface area contributed by atoms with Crippen molar-refractivity contribution in [1.82, 2.24) is 19.9 Å². The van der Waals surface area contributed by atoms with E-state index in [1.54, 1.807) is 12.4 Å². The van der Waals surface area contributed by atoms with Crippen molar-refractivity contribution in [3.8, 4) is 0 Å². The Hall–Kier alpha value is -2.11. The zero-order valence-corrected chi connectivity index (χ0v) is 9.10. The number of nitrogens with one attached hydrogen (secondary N) is 1. The molecule has 0 aromatic carbocycles. The summed E-state index contributed by atoms with van der Waals surface area (Å²) in [6.45, 7) is 3.97. The van der Waals surface area contributed by atoms with Gasteiger partial charge in [-0.1, -0.05) is 0 Å². The Bertz CT molecular complexity index is 467. The zero-order chi connectivity index (χ0) is 11.5. The van der Waals surface area contributed by atoms with E-state index in [9.17, 15) is 4.79 Å². The summed E-state index contributed by atoms with van der Waals surface area (Å²) >= 11 is 0. The van der Waals surface area contributed by atoms with Crippen LogP contribution in [0.3, 0.4) is 0 Å². The molecule has 0 saturated heterocycles. The third-order valence-electron chi connectivity index (χ3n) is 2.20. The van der Waals surface area contributed by atoms with Crippen LogP contribution in [0.15, 0.2) is 23.1 Å². The summed E-state index contributed by atoms with van der Waals surface area (Å²) in [4.78, 5) is 19.5. The number of aromatic nitrogens is 3. The molecular weight excluding hydrogens is 208 g/mol. The number of amides is 1. The summed E-state index contributed by atoms with van der Waals surface area (Å²) in [5, 5.41) is 2.67. The first-order valence-electron chi connectivity index (χ1n) is 4.86. The number of aryl methyl sites for hydroxylation is 2. The number of nitrogens with zero attached hydrogens (tertiary/aromatic N) is 3. The van der Waals surface area contributed by atoms with Gasteiger partial charge in [0.25, 0.3) is 0 Å². The molecule has 0 fully saturated rings. The van der Waals surface area contributed by atoms with E-state index >= 15 is 0 Å². The largest absolute Gasteiger partial charge is 0.444 e.